The fourth-order valence-corrected chi connectivity index (χ4v) is 3.36. The largest absolute Gasteiger partial charge is 0.462 e. The second kappa shape index (κ2) is 10.4. The lowest BCUT2D eigenvalue weighted by atomic mass is 10.2. The minimum atomic E-state index is -0.458. The lowest BCUT2D eigenvalue weighted by Gasteiger charge is -2.28. The molecule has 0 aromatic heterocycles. The minimum Gasteiger partial charge on any atom is -0.462 e. The van der Waals surface area contributed by atoms with Crippen LogP contribution in [0.25, 0.3) is 0 Å². The molecule has 0 amide bonds. The van der Waals surface area contributed by atoms with Crippen molar-refractivity contribution in [1.29, 1.82) is 0 Å². The molecule has 2 aromatic rings. The Kier molecular flexibility index (Phi) is 7.69. The van der Waals surface area contributed by atoms with Gasteiger partial charge < -0.3 is 25.0 Å². The third kappa shape index (κ3) is 6.06. The van der Waals surface area contributed by atoms with E-state index < -0.39 is 5.97 Å². The van der Waals surface area contributed by atoms with E-state index in [2.05, 4.69) is 39.8 Å². The number of hydrogen-bond acceptors (Lipinski definition) is 5. The number of nitrogens with one attached hydrogen (secondary N) is 2. The fraction of sp³-hybridized carbons (Fsp3) is 0.333. The van der Waals surface area contributed by atoms with Crippen LogP contribution in [0, 0.1) is 0 Å². The maximum atomic E-state index is 12.0. The summed E-state index contributed by atoms with van der Waals surface area (Å²) < 4.78 is 10.4. The summed E-state index contributed by atoms with van der Waals surface area (Å²) in [7, 11) is 0. The summed E-state index contributed by atoms with van der Waals surface area (Å²) in [4.78, 5) is 14.3. The van der Waals surface area contributed by atoms with Gasteiger partial charge in [-0.15, -0.1) is 0 Å². The van der Waals surface area contributed by atoms with Crippen LogP contribution in [-0.4, -0.2) is 44.0 Å². The zero-order valence-electron chi connectivity index (χ0n) is 16.2. The van der Waals surface area contributed by atoms with E-state index in [4.69, 9.17) is 33.3 Å². The highest BCUT2D eigenvalue weighted by Crippen LogP contribution is 2.22. The van der Waals surface area contributed by atoms with E-state index in [1.54, 1.807) is 25.1 Å². The SMILES string of the molecule is CCOC(=O)c1cc(NC(=S)NCc2ccc(N3CCOCC3)cc2)ccc1Cl. The average Bonchev–Trinajstić information content (AvgIpc) is 2.75. The molecule has 0 radical (unpaired) electrons. The number of benzene rings is 2. The van der Waals surface area contributed by atoms with E-state index in [0.717, 1.165) is 31.9 Å². The molecule has 0 saturated carbocycles. The first kappa shape index (κ1) is 21.4. The van der Waals surface area contributed by atoms with E-state index in [-0.39, 0.29) is 6.61 Å². The summed E-state index contributed by atoms with van der Waals surface area (Å²) in [5, 5.41) is 7.04. The standard InChI is InChI=1S/C21H24ClN3O3S/c1-2-28-20(26)18-13-16(5-8-19(18)22)24-21(29)23-14-15-3-6-17(7-4-15)25-9-11-27-12-10-25/h3-8,13H,2,9-12,14H2,1H3,(H2,23,24,29). The number of carbonyl (C=O) groups is 1. The third-order valence-corrected chi connectivity index (χ3v) is 5.06. The predicted molar refractivity (Wildman–Crippen MR) is 120 cm³/mol. The number of thiocarbonyl (C=S) groups is 1. The molecule has 2 N–H and O–H groups in total. The molecule has 1 aliphatic rings. The van der Waals surface area contributed by atoms with Gasteiger partial charge in [0.15, 0.2) is 5.11 Å². The molecular formula is C21H24ClN3O3S. The van der Waals surface area contributed by atoms with Gasteiger partial charge in [0.05, 0.1) is 30.4 Å². The monoisotopic (exact) mass is 433 g/mol. The molecule has 154 valence electrons. The van der Waals surface area contributed by atoms with Crippen LogP contribution in [0.3, 0.4) is 0 Å². The van der Waals surface area contributed by atoms with Gasteiger partial charge in [0.1, 0.15) is 0 Å². The van der Waals surface area contributed by atoms with Crippen molar-refractivity contribution in [2.75, 3.05) is 43.1 Å². The van der Waals surface area contributed by atoms with E-state index in [1.807, 2.05) is 0 Å². The van der Waals surface area contributed by atoms with Crippen LogP contribution in [0.5, 0.6) is 0 Å². The van der Waals surface area contributed by atoms with Crippen LogP contribution in [-0.2, 0) is 16.0 Å². The first-order valence-corrected chi connectivity index (χ1v) is 10.3. The Labute approximate surface area is 181 Å². The molecule has 1 saturated heterocycles. The van der Waals surface area contributed by atoms with Crippen LogP contribution in [0.15, 0.2) is 42.5 Å². The summed E-state index contributed by atoms with van der Waals surface area (Å²) in [5.41, 5.74) is 3.29. The molecule has 1 heterocycles. The van der Waals surface area contributed by atoms with Crippen LogP contribution >= 0.6 is 23.8 Å². The van der Waals surface area contributed by atoms with Crippen molar-refractivity contribution >= 4 is 46.3 Å². The smallest absolute Gasteiger partial charge is 0.339 e. The maximum Gasteiger partial charge on any atom is 0.339 e. The molecule has 8 heteroatoms. The van der Waals surface area contributed by atoms with Crippen molar-refractivity contribution in [3.63, 3.8) is 0 Å². The number of esters is 1. The van der Waals surface area contributed by atoms with Crippen LogP contribution in [0.4, 0.5) is 11.4 Å². The molecule has 2 aromatic carbocycles. The Morgan fingerprint density at radius 3 is 2.62 bits per heavy atom. The van der Waals surface area contributed by atoms with Crippen LogP contribution in [0.1, 0.15) is 22.8 Å². The quantitative estimate of drug-likeness (QED) is 0.530. The molecule has 0 bridgehead atoms. The molecule has 0 spiro atoms. The van der Waals surface area contributed by atoms with Crippen molar-refractivity contribution < 1.29 is 14.3 Å². The highest BCUT2D eigenvalue weighted by atomic mass is 35.5. The summed E-state index contributed by atoms with van der Waals surface area (Å²) in [6.45, 7) is 6.00. The fourth-order valence-electron chi connectivity index (χ4n) is 2.97. The number of hydrogen-bond donors (Lipinski definition) is 2. The van der Waals surface area contributed by atoms with Crippen molar-refractivity contribution in [3.8, 4) is 0 Å². The Morgan fingerprint density at radius 1 is 1.21 bits per heavy atom. The summed E-state index contributed by atoms with van der Waals surface area (Å²) in [5.74, 6) is -0.458. The number of carbonyl (C=O) groups excluding carboxylic acids is 1. The maximum absolute atomic E-state index is 12.0. The summed E-state index contributed by atoms with van der Waals surface area (Å²) in [6, 6.07) is 13.4. The third-order valence-electron chi connectivity index (χ3n) is 4.49. The van der Waals surface area contributed by atoms with E-state index in [0.29, 0.717) is 27.9 Å². The Morgan fingerprint density at radius 2 is 1.93 bits per heavy atom. The normalized spacial score (nSPS) is 13.7. The van der Waals surface area contributed by atoms with Crippen molar-refractivity contribution in [1.82, 2.24) is 5.32 Å². The van der Waals surface area contributed by atoms with Gasteiger partial charge in [-0.25, -0.2) is 4.79 Å². The second-order valence-electron chi connectivity index (χ2n) is 6.49. The summed E-state index contributed by atoms with van der Waals surface area (Å²) in [6.07, 6.45) is 0. The highest BCUT2D eigenvalue weighted by Gasteiger charge is 2.13. The first-order valence-electron chi connectivity index (χ1n) is 9.50. The van der Waals surface area contributed by atoms with E-state index in [9.17, 15) is 4.79 Å². The highest BCUT2D eigenvalue weighted by molar-refractivity contribution is 7.80. The molecule has 3 rings (SSSR count). The van der Waals surface area contributed by atoms with E-state index in [1.165, 1.54) is 5.69 Å². The Balaban J connectivity index is 1.53. The van der Waals surface area contributed by atoms with Gasteiger partial charge >= 0.3 is 5.97 Å². The summed E-state index contributed by atoms with van der Waals surface area (Å²) >= 11 is 11.4. The van der Waals surface area contributed by atoms with Gasteiger partial charge in [0.25, 0.3) is 0 Å². The number of rotatable bonds is 6. The van der Waals surface area contributed by atoms with Crippen molar-refractivity contribution in [2.45, 2.75) is 13.5 Å². The van der Waals surface area contributed by atoms with Gasteiger partial charge in [0, 0.05) is 31.0 Å². The van der Waals surface area contributed by atoms with Gasteiger partial charge in [-0.1, -0.05) is 23.7 Å². The van der Waals surface area contributed by atoms with Crippen molar-refractivity contribution in [2.24, 2.45) is 0 Å². The molecule has 1 fully saturated rings. The van der Waals surface area contributed by atoms with E-state index >= 15 is 0 Å². The molecule has 6 nitrogen and oxygen atoms in total. The lowest BCUT2D eigenvalue weighted by Crippen LogP contribution is -2.36. The number of morpholine rings is 1. The van der Waals surface area contributed by atoms with Gasteiger partial charge in [-0.05, 0) is 55.0 Å². The van der Waals surface area contributed by atoms with Crippen LogP contribution in [0.2, 0.25) is 5.02 Å². The molecule has 0 aliphatic carbocycles. The Hall–Kier alpha value is -2.35. The molecule has 0 atom stereocenters. The van der Waals surface area contributed by atoms with Gasteiger partial charge in [-0.2, -0.15) is 0 Å². The topological polar surface area (TPSA) is 62.8 Å². The number of anilines is 2. The van der Waals surface area contributed by atoms with Gasteiger partial charge in [-0.3, -0.25) is 0 Å². The average molecular weight is 434 g/mol. The molecule has 0 unspecified atom stereocenters. The second-order valence-corrected chi connectivity index (χ2v) is 7.30. The minimum absolute atomic E-state index is 0.289. The first-order chi connectivity index (χ1) is 14.1. The number of nitrogens with zero attached hydrogens (tertiary/aromatic N) is 1. The number of halogens is 1. The molecule has 1 aliphatic heterocycles. The predicted octanol–water partition coefficient (Wildman–Crippen LogP) is 3.84. The van der Waals surface area contributed by atoms with Crippen molar-refractivity contribution in [3.05, 3.63) is 58.6 Å². The molecular weight excluding hydrogens is 410 g/mol. The molecule has 29 heavy (non-hydrogen) atoms. The Bertz CT molecular complexity index is 855. The zero-order chi connectivity index (χ0) is 20.6. The number of ether oxygens (including phenoxy) is 2. The van der Waals surface area contributed by atoms with Crippen LogP contribution < -0.4 is 15.5 Å². The zero-order valence-corrected chi connectivity index (χ0v) is 17.8. The lowest BCUT2D eigenvalue weighted by molar-refractivity contribution is 0.0526. The van der Waals surface area contributed by atoms with Gasteiger partial charge in [0.2, 0.25) is 0 Å².